The molecule has 0 heterocycles. The minimum Gasteiger partial charge on any atom is -0.497 e. The molecule has 0 aliphatic carbocycles. The first kappa shape index (κ1) is 14.5. The summed E-state index contributed by atoms with van der Waals surface area (Å²) in [5, 5.41) is 2.92. The van der Waals surface area contributed by atoms with Crippen LogP contribution in [0, 0.1) is 5.92 Å². The number of carbonyl (C=O) groups is 1. The van der Waals surface area contributed by atoms with Crippen LogP contribution in [0.1, 0.15) is 18.9 Å². The Morgan fingerprint density at radius 1 is 1.39 bits per heavy atom. The summed E-state index contributed by atoms with van der Waals surface area (Å²) in [5.41, 5.74) is 6.45. The molecule has 3 N–H and O–H groups in total. The number of hydrogen-bond acceptors (Lipinski definition) is 3. The van der Waals surface area contributed by atoms with E-state index in [4.69, 9.17) is 10.5 Å². The molecule has 18 heavy (non-hydrogen) atoms. The molecule has 1 rings (SSSR count). The van der Waals surface area contributed by atoms with Crippen LogP contribution in [-0.4, -0.2) is 26.1 Å². The van der Waals surface area contributed by atoms with Crippen molar-refractivity contribution in [3.63, 3.8) is 0 Å². The number of methoxy groups -OCH3 is 1. The van der Waals surface area contributed by atoms with E-state index in [0.29, 0.717) is 25.4 Å². The molecule has 4 nitrogen and oxygen atoms in total. The van der Waals surface area contributed by atoms with Crippen molar-refractivity contribution < 1.29 is 9.53 Å². The van der Waals surface area contributed by atoms with E-state index in [1.165, 1.54) is 0 Å². The normalized spacial score (nSPS) is 11.9. The third kappa shape index (κ3) is 5.19. The highest BCUT2D eigenvalue weighted by Crippen LogP contribution is 2.11. The van der Waals surface area contributed by atoms with Gasteiger partial charge in [0.05, 0.1) is 13.5 Å². The van der Waals surface area contributed by atoms with Crippen molar-refractivity contribution in [3.8, 4) is 5.75 Å². The van der Waals surface area contributed by atoms with Gasteiger partial charge in [0, 0.05) is 6.54 Å². The van der Waals surface area contributed by atoms with E-state index in [1.807, 2.05) is 24.3 Å². The number of carbonyl (C=O) groups excluding carboxylic acids is 1. The first-order valence-corrected chi connectivity index (χ1v) is 6.25. The Bertz CT molecular complexity index is 363. The molecule has 0 saturated heterocycles. The average Bonchev–Trinajstić information content (AvgIpc) is 2.38. The Balaban J connectivity index is 2.35. The molecule has 100 valence electrons. The number of hydrogen-bond donors (Lipinski definition) is 2. The van der Waals surface area contributed by atoms with Gasteiger partial charge in [0.2, 0.25) is 5.91 Å². The molecule has 0 spiro atoms. The Morgan fingerprint density at radius 3 is 2.61 bits per heavy atom. The molecule has 0 radical (unpaired) electrons. The maximum Gasteiger partial charge on any atom is 0.224 e. The molecule has 1 aromatic carbocycles. The van der Waals surface area contributed by atoms with Crippen LogP contribution < -0.4 is 15.8 Å². The van der Waals surface area contributed by atoms with Crippen molar-refractivity contribution in [2.45, 2.75) is 19.8 Å². The quantitative estimate of drug-likeness (QED) is 0.767. The number of benzene rings is 1. The van der Waals surface area contributed by atoms with E-state index >= 15 is 0 Å². The molecule has 0 aliphatic heterocycles. The highest BCUT2D eigenvalue weighted by atomic mass is 16.5. The van der Waals surface area contributed by atoms with Crippen LogP contribution in [0.3, 0.4) is 0 Å². The van der Waals surface area contributed by atoms with Gasteiger partial charge in [-0.1, -0.05) is 19.1 Å². The lowest BCUT2D eigenvalue weighted by Gasteiger charge is -2.11. The van der Waals surface area contributed by atoms with Crippen LogP contribution in [0.15, 0.2) is 24.3 Å². The minimum atomic E-state index is 0.0454. The summed E-state index contributed by atoms with van der Waals surface area (Å²) in [4.78, 5) is 11.7. The van der Waals surface area contributed by atoms with Crippen LogP contribution in [0.4, 0.5) is 0 Å². The van der Waals surface area contributed by atoms with Crippen molar-refractivity contribution in [2.75, 3.05) is 20.2 Å². The lowest BCUT2D eigenvalue weighted by molar-refractivity contribution is -0.120. The number of rotatable bonds is 7. The van der Waals surface area contributed by atoms with Gasteiger partial charge in [-0.2, -0.15) is 0 Å². The van der Waals surface area contributed by atoms with Gasteiger partial charge in [-0.25, -0.2) is 0 Å². The third-order valence-corrected chi connectivity index (χ3v) is 2.83. The van der Waals surface area contributed by atoms with Crippen LogP contribution in [0.25, 0.3) is 0 Å². The minimum absolute atomic E-state index is 0.0454. The van der Waals surface area contributed by atoms with Crippen molar-refractivity contribution in [2.24, 2.45) is 11.7 Å². The standard InChI is InChI=1S/C14H22N2O2/c1-11(7-8-15)10-16-14(17)9-12-3-5-13(18-2)6-4-12/h3-6,11H,7-10,15H2,1-2H3,(H,16,17). The Hall–Kier alpha value is -1.55. The van der Waals surface area contributed by atoms with Crippen molar-refractivity contribution in [1.82, 2.24) is 5.32 Å². The molecule has 0 fully saturated rings. The molecular weight excluding hydrogens is 228 g/mol. The smallest absolute Gasteiger partial charge is 0.224 e. The number of ether oxygens (including phenoxy) is 1. The molecule has 0 saturated carbocycles. The fourth-order valence-corrected chi connectivity index (χ4v) is 1.67. The van der Waals surface area contributed by atoms with E-state index < -0.39 is 0 Å². The molecular formula is C14H22N2O2. The van der Waals surface area contributed by atoms with Gasteiger partial charge in [0.15, 0.2) is 0 Å². The molecule has 0 aliphatic rings. The van der Waals surface area contributed by atoms with Crippen LogP contribution in [0.2, 0.25) is 0 Å². The van der Waals surface area contributed by atoms with E-state index in [2.05, 4.69) is 12.2 Å². The Kier molecular flexibility index (Phi) is 6.22. The van der Waals surface area contributed by atoms with E-state index in [1.54, 1.807) is 7.11 Å². The van der Waals surface area contributed by atoms with Crippen LogP contribution in [-0.2, 0) is 11.2 Å². The molecule has 1 amide bonds. The summed E-state index contributed by atoms with van der Waals surface area (Å²) in [6.45, 7) is 3.43. The second-order valence-corrected chi connectivity index (χ2v) is 4.51. The van der Waals surface area contributed by atoms with Crippen LogP contribution in [0.5, 0.6) is 5.75 Å². The average molecular weight is 250 g/mol. The molecule has 1 aromatic rings. The van der Waals surface area contributed by atoms with Crippen molar-refractivity contribution in [3.05, 3.63) is 29.8 Å². The zero-order valence-electron chi connectivity index (χ0n) is 11.1. The molecule has 0 aromatic heterocycles. The van der Waals surface area contributed by atoms with Crippen molar-refractivity contribution in [1.29, 1.82) is 0 Å². The lowest BCUT2D eigenvalue weighted by atomic mass is 10.1. The number of nitrogens with one attached hydrogen (secondary N) is 1. The zero-order valence-corrected chi connectivity index (χ0v) is 11.1. The topological polar surface area (TPSA) is 64.3 Å². The summed E-state index contributed by atoms with van der Waals surface area (Å²) in [7, 11) is 1.63. The molecule has 0 bridgehead atoms. The Morgan fingerprint density at radius 2 is 2.06 bits per heavy atom. The van der Waals surface area contributed by atoms with Gasteiger partial charge in [0.25, 0.3) is 0 Å². The Labute approximate surface area is 109 Å². The highest BCUT2D eigenvalue weighted by molar-refractivity contribution is 5.78. The van der Waals surface area contributed by atoms with E-state index in [9.17, 15) is 4.79 Å². The first-order valence-electron chi connectivity index (χ1n) is 6.25. The fourth-order valence-electron chi connectivity index (χ4n) is 1.67. The van der Waals surface area contributed by atoms with Crippen LogP contribution >= 0.6 is 0 Å². The van der Waals surface area contributed by atoms with Gasteiger partial charge in [-0.05, 0) is 36.6 Å². The largest absolute Gasteiger partial charge is 0.497 e. The van der Waals surface area contributed by atoms with Gasteiger partial charge >= 0.3 is 0 Å². The van der Waals surface area contributed by atoms with Gasteiger partial charge in [0.1, 0.15) is 5.75 Å². The number of amides is 1. The van der Waals surface area contributed by atoms with E-state index in [-0.39, 0.29) is 5.91 Å². The predicted octanol–water partition coefficient (Wildman–Crippen LogP) is 1.34. The van der Waals surface area contributed by atoms with E-state index in [0.717, 1.165) is 17.7 Å². The molecule has 1 atom stereocenters. The summed E-state index contributed by atoms with van der Waals surface area (Å²) in [6, 6.07) is 7.53. The third-order valence-electron chi connectivity index (χ3n) is 2.83. The second-order valence-electron chi connectivity index (χ2n) is 4.51. The number of nitrogens with two attached hydrogens (primary N) is 1. The monoisotopic (exact) mass is 250 g/mol. The summed E-state index contributed by atoms with van der Waals surface area (Å²) in [6.07, 6.45) is 1.34. The lowest BCUT2D eigenvalue weighted by Crippen LogP contribution is -2.30. The maximum absolute atomic E-state index is 11.7. The predicted molar refractivity (Wildman–Crippen MR) is 72.5 cm³/mol. The highest BCUT2D eigenvalue weighted by Gasteiger charge is 2.06. The molecule has 4 heteroatoms. The fraction of sp³-hybridized carbons (Fsp3) is 0.500. The first-order chi connectivity index (χ1) is 8.65. The summed E-state index contributed by atoms with van der Waals surface area (Å²) in [5.74, 6) is 1.27. The summed E-state index contributed by atoms with van der Waals surface area (Å²) < 4.78 is 5.07. The van der Waals surface area contributed by atoms with Crippen molar-refractivity contribution >= 4 is 5.91 Å². The second kappa shape index (κ2) is 7.71. The maximum atomic E-state index is 11.7. The van der Waals surface area contributed by atoms with Gasteiger partial charge in [-0.15, -0.1) is 0 Å². The van der Waals surface area contributed by atoms with Gasteiger partial charge in [-0.3, -0.25) is 4.79 Å². The summed E-state index contributed by atoms with van der Waals surface area (Å²) >= 11 is 0. The van der Waals surface area contributed by atoms with Gasteiger partial charge < -0.3 is 15.8 Å². The molecule has 1 unspecified atom stereocenters. The zero-order chi connectivity index (χ0) is 13.4. The SMILES string of the molecule is COc1ccc(CC(=O)NCC(C)CCN)cc1.